The maximum atomic E-state index is 12.0. The standard InChI is InChI=1S/C16H25N3O3S/c1-13-3-2-10-19(11-13)12-16(20)18-9-8-14-4-6-15(7-5-14)23(17,21)22/h4-7,13H,2-3,8-12H2,1H3,(H,18,20)(H2,17,21,22)/p+1/t13-/m0/s1. The summed E-state index contributed by atoms with van der Waals surface area (Å²) in [5, 5.41) is 7.99. The molecule has 1 amide bonds. The van der Waals surface area contributed by atoms with Crippen LogP contribution in [0.4, 0.5) is 0 Å². The number of benzene rings is 1. The Morgan fingerprint density at radius 1 is 1.35 bits per heavy atom. The number of quaternary nitrogens is 1. The maximum absolute atomic E-state index is 12.0. The lowest BCUT2D eigenvalue weighted by atomic mass is 10.0. The van der Waals surface area contributed by atoms with Gasteiger partial charge in [0.2, 0.25) is 10.0 Å². The third-order valence-corrected chi connectivity index (χ3v) is 5.19. The first kappa shape index (κ1) is 17.9. The van der Waals surface area contributed by atoms with Crippen molar-refractivity contribution in [2.45, 2.75) is 31.1 Å². The van der Waals surface area contributed by atoms with E-state index in [9.17, 15) is 13.2 Å². The number of hydrogen-bond acceptors (Lipinski definition) is 3. The van der Waals surface area contributed by atoms with Crippen molar-refractivity contribution >= 4 is 15.9 Å². The van der Waals surface area contributed by atoms with Crippen molar-refractivity contribution in [2.75, 3.05) is 26.2 Å². The van der Waals surface area contributed by atoms with Crippen LogP contribution < -0.4 is 15.4 Å². The molecule has 0 saturated carbocycles. The Labute approximate surface area is 138 Å². The molecule has 1 aromatic rings. The number of hydrogen-bond donors (Lipinski definition) is 3. The van der Waals surface area contributed by atoms with Crippen molar-refractivity contribution in [1.82, 2.24) is 5.32 Å². The first-order valence-electron chi connectivity index (χ1n) is 8.06. The maximum Gasteiger partial charge on any atom is 0.275 e. The molecule has 23 heavy (non-hydrogen) atoms. The number of carbonyl (C=O) groups excluding carboxylic acids is 1. The zero-order valence-corrected chi connectivity index (χ0v) is 14.4. The minimum atomic E-state index is -3.65. The summed E-state index contributed by atoms with van der Waals surface area (Å²) in [5.74, 6) is 0.777. The van der Waals surface area contributed by atoms with Gasteiger partial charge >= 0.3 is 0 Å². The summed E-state index contributed by atoms with van der Waals surface area (Å²) in [6, 6.07) is 6.43. The van der Waals surface area contributed by atoms with Crippen molar-refractivity contribution in [3.05, 3.63) is 29.8 Å². The Bertz CT molecular complexity index is 628. The molecule has 1 unspecified atom stereocenters. The minimum absolute atomic E-state index is 0.0789. The number of likely N-dealkylation sites (tertiary alicyclic amines) is 1. The monoisotopic (exact) mass is 340 g/mol. The van der Waals surface area contributed by atoms with Gasteiger partial charge in [-0.1, -0.05) is 19.1 Å². The highest BCUT2D eigenvalue weighted by atomic mass is 32.2. The summed E-state index contributed by atoms with van der Waals surface area (Å²) < 4.78 is 22.4. The summed E-state index contributed by atoms with van der Waals surface area (Å²) in [4.78, 5) is 13.4. The molecule has 1 fully saturated rings. The van der Waals surface area contributed by atoms with Gasteiger partial charge < -0.3 is 10.2 Å². The van der Waals surface area contributed by atoms with Crippen LogP contribution in [-0.2, 0) is 21.2 Å². The van der Waals surface area contributed by atoms with Crippen molar-refractivity contribution in [2.24, 2.45) is 11.1 Å². The van der Waals surface area contributed by atoms with Crippen molar-refractivity contribution in [1.29, 1.82) is 0 Å². The molecule has 0 spiro atoms. The predicted octanol–water partition coefficient (Wildman–Crippen LogP) is -0.692. The second kappa shape index (κ2) is 7.90. The van der Waals surface area contributed by atoms with E-state index < -0.39 is 10.0 Å². The highest BCUT2D eigenvalue weighted by Gasteiger charge is 2.21. The molecule has 6 nitrogen and oxygen atoms in total. The number of primary sulfonamides is 1. The Kier molecular flexibility index (Phi) is 6.15. The van der Waals surface area contributed by atoms with Gasteiger partial charge in [0.05, 0.1) is 18.0 Å². The van der Waals surface area contributed by atoms with E-state index in [4.69, 9.17) is 5.14 Å². The smallest absolute Gasteiger partial charge is 0.275 e. The van der Waals surface area contributed by atoms with Gasteiger partial charge in [0, 0.05) is 12.5 Å². The quantitative estimate of drug-likeness (QED) is 0.640. The summed E-state index contributed by atoms with van der Waals surface area (Å²) in [5.41, 5.74) is 0.969. The van der Waals surface area contributed by atoms with Crippen LogP contribution in [0.3, 0.4) is 0 Å². The van der Waals surface area contributed by atoms with Gasteiger partial charge in [-0.05, 0) is 37.0 Å². The summed E-state index contributed by atoms with van der Waals surface area (Å²) >= 11 is 0. The van der Waals surface area contributed by atoms with Crippen LogP contribution in [-0.4, -0.2) is 40.5 Å². The zero-order valence-electron chi connectivity index (χ0n) is 13.5. The molecule has 1 aliphatic rings. The molecule has 2 atom stereocenters. The molecule has 1 aromatic carbocycles. The van der Waals surface area contributed by atoms with Crippen LogP contribution in [0, 0.1) is 5.92 Å². The van der Waals surface area contributed by atoms with Crippen LogP contribution >= 0.6 is 0 Å². The lowest BCUT2D eigenvalue weighted by molar-refractivity contribution is -0.900. The molecule has 0 aliphatic carbocycles. The molecular formula is C16H26N3O3S+. The molecule has 1 saturated heterocycles. The number of piperidine rings is 1. The molecule has 0 radical (unpaired) electrons. The van der Waals surface area contributed by atoms with Gasteiger partial charge in [0.15, 0.2) is 6.54 Å². The van der Waals surface area contributed by atoms with Crippen LogP contribution in [0.25, 0.3) is 0 Å². The van der Waals surface area contributed by atoms with Crippen molar-refractivity contribution < 1.29 is 18.1 Å². The second-order valence-electron chi connectivity index (χ2n) is 6.42. The zero-order chi connectivity index (χ0) is 16.9. The minimum Gasteiger partial charge on any atom is -0.351 e. The van der Waals surface area contributed by atoms with Gasteiger partial charge in [0.1, 0.15) is 0 Å². The van der Waals surface area contributed by atoms with Crippen LogP contribution in [0.15, 0.2) is 29.2 Å². The summed E-state index contributed by atoms with van der Waals surface area (Å²) in [6.45, 7) is 5.47. The lowest BCUT2D eigenvalue weighted by Gasteiger charge is -2.27. The topological polar surface area (TPSA) is 93.7 Å². The average Bonchev–Trinajstić information content (AvgIpc) is 2.47. The molecule has 2 rings (SSSR count). The van der Waals surface area contributed by atoms with Gasteiger partial charge in [-0.25, -0.2) is 13.6 Å². The van der Waals surface area contributed by atoms with E-state index in [1.165, 1.54) is 29.9 Å². The van der Waals surface area contributed by atoms with E-state index in [-0.39, 0.29) is 10.8 Å². The number of amides is 1. The van der Waals surface area contributed by atoms with Crippen LogP contribution in [0.2, 0.25) is 0 Å². The van der Waals surface area contributed by atoms with E-state index in [2.05, 4.69) is 12.2 Å². The fraction of sp³-hybridized carbons (Fsp3) is 0.562. The molecule has 1 aliphatic heterocycles. The van der Waals surface area contributed by atoms with Gasteiger partial charge in [-0.3, -0.25) is 4.79 Å². The third kappa shape index (κ3) is 5.93. The first-order chi connectivity index (χ1) is 10.8. The summed E-state index contributed by atoms with van der Waals surface area (Å²) in [7, 11) is -3.65. The number of sulfonamides is 1. The van der Waals surface area contributed by atoms with E-state index in [0.29, 0.717) is 25.4 Å². The van der Waals surface area contributed by atoms with E-state index >= 15 is 0 Å². The normalized spacial score (nSPS) is 21.8. The van der Waals surface area contributed by atoms with Crippen LogP contribution in [0.5, 0.6) is 0 Å². The lowest BCUT2D eigenvalue weighted by Crippen LogP contribution is -3.14. The molecule has 1 heterocycles. The molecule has 4 N–H and O–H groups in total. The Balaban J connectivity index is 1.73. The number of carbonyl (C=O) groups is 1. The molecule has 0 bridgehead atoms. The van der Waals surface area contributed by atoms with E-state index in [0.717, 1.165) is 18.7 Å². The van der Waals surface area contributed by atoms with Gasteiger partial charge in [-0.15, -0.1) is 0 Å². The fourth-order valence-corrected chi connectivity index (χ4v) is 3.56. The number of nitrogens with two attached hydrogens (primary N) is 1. The fourth-order valence-electron chi connectivity index (χ4n) is 3.04. The Morgan fingerprint density at radius 3 is 2.65 bits per heavy atom. The molecule has 0 aromatic heterocycles. The highest BCUT2D eigenvalue weighted by molar-refractivity contribution is 7.89. The van der Waals surface area contributed by atoms with Crippen LogP contribution in [0.1, 0.15) is 25.3 Å². The van der Waals surface area contributed by atoms with E-state index in [1.807, 2.05) is 0 Å². The molecule has 7 heteroatoms. The van der Waals surface area contributed by atoms with E-state index in [1.54, 1.807) is 12.1 Å². The van der Waals surface area contributed by atoms with Gasteiger partial charge in [0.25, 0.3) is 5.91 Å². The predicted molar refractivity (Wildman–Crippen MR) is 88.5 cm³/mol. The first-order valence-corrected chi connectivity index (χ1v) is 9.61. The largest absolute Gasteiger partial charge is 0.351 e. The van der Waals surface area contributed by atoms with Gasteiger partial charge in [-0.2, -0.15) is 0 Å². The van der Waals surface area contributed by atoms with Crippen molar-refractivity contribution in [3.63, 3.8) is 0 Å². The summed E-state index contributed by atoms with van der Waals surface area (Å²) in [6.07, 6.45) is 3.13. The molecule has 128 valence electrons. The highest BCUT2D eigenvalue weighted by Crippen LogP contribution is 2.09. The second-order valence-corrected chi connectivity index (χ2v) is 7.98. The van der Waals surface area contributed by atoms with Crippen molar-refractivity contribution in [3.8, 4) is 0 Å². The SMILES string of the molecule is C[C@H]1CCC[NH+](CC(=O)NCCc2ccc(S(N)(=O)=O)cc2)C1. The Morgan fingerprint density at radius 2 is 2.04 bits per heavy atom. The average molecular weight is 340 g/mol. The Hall–Kier alpha value is -1.44. The number of nitrogens with one attached hydrogen (secondary N) is 2. The third-order valence-electron chi connectivity index (χ3n) is 4.26. The number of rotatable bonds is 6. The molecular weight excluding hydrogens is 314 g/mol.